The first-order valence-electron chi connectivity index (χ1n) is 5.27. The van der Waals surface area contributed by atoms with Gasteiger partial charge in [-0.05, 0) is 17.4 Å². The lowest BCUT2D eigenvalue weighted by atomic mass is 9.76. The van der Waals surface area contributed by atoms with E-state index in [0.29, 0.717) is 6.42 Å². The molecule has 1 unspecified atom stereocenters. The van der Waals surface area contributed by atoms with E-state index >= 15 is 0 Å². The smallest absolute Gasteiger partial charge is 0.320 e. The molecule has 0 bridgehead atoms. The molecule has 0 aromatic heterocycles. The minimum Gasteiger partial charge on any atom is -0.480 e. The summed E-state index contributed by atoms with van der Waals surface area (Å²) in [4.78, 5) is 11.4. The third kappa shape index (κ3) is 2.59. The standard InChI is InChI=1S/C13H18O2S/c1-12(2,3)13(16,11(14)15)9-10-7-5-4-6-8-10/h4-8,16H,9H2,1-3H3,(H,14,15). The maximum absolute atomic E-state index is 11.4. The average molecular weight is 238 g/mol. The zero-order valence-corrected chi connectivity index (χ0v) is 10.8. The van der Waals surface area contributed by atoms with Crippen LogP contribution in [-0.4, -0.2) is 15.8 Å². The van der Waals surface area contributed by atoms with Crippen molar-refractivity contribution in [2.45, 2.75) is 31.9 Å². The summed E-state index contributed by atoms with van der Waals surface area (Å²) in [5.41, 5.74) is 0.590. The van der Waals surface area contributed by atoms with E-state index in [-0.39, 0.29) is 0 Å². The lowest BCUT2D eigenvalue weighted by Gasteiger charge is -2.37. The fourth-order valence-electron chi connectivity index (χ4n) is 1.55. The molecule has 0 amide bonds. The number of carboxylic acid groups (broad SMARTS) is 1. The van der Waals surface area contributed by atoms with Gasteiger partial charge in [0.05, 0.1) is 0 Å². The van der Waals surface area contributed by atoms with E-state index in [1.165, 1.54) is 0 Å². The molecule has 0 aliphatic carbocycles. The van der Waals surface area contributed by atoms with Crippen molar-refractivity contribution < 1.29 is 9.90 Å². The number of thiol groups is 1. The van der Waals surface area contributed by atoms with Gasteiger partial charge in [-0.1, -0.05) is 51.1 Å². The van der Waals surface area contributed by atoms with Gasteiger partial charge in [0.2, 0.25) is 0 Å². The summed E-state index contributed by atoms with van der Waals surface area (Å²) < 4.78 is -1.05. The van der Waals surface area contributed by atoms with Crippen molar-refractivity contribution in [1.29, 1.82) is 0 Å². The molecule has 0 saturated carbocycles. The molecular formula is C13H18O2S. The molecule has 0 aliphatic rings. The van der Waals surface area contributed by atoms with Crippen LogP contribution in [0.5, 0.6) is 0 Å². The molecule has 0 spiro atoms. The summed E-state index contributed by atoms with van der Waals surface area (Å²) in [5.74, 6) is -0.868. The van der Waals surface area contributed by atoms with Crippen LogP contribution in [0, 0.1) is 5.41 Å². The SMILES string of the molecule is CC(C)(C)C(S)(Cc1ccccc1)C(=O)O. The number of rotatable bonds is 3. The Morgan fingerprint density at radius 2 is 1.75 bits per heavy atom. The summed E-state index contributed by atoms with van der Waals surface area (Å²) in [7, 11) is 0. The second-order valence-electron chi connectivity index (χ2n) is 5.08. The largest absolute Gasteiger partial charge is 0.480 e. The van der Waals surface area contributed by atoms with Crippen molar-refractivity contribution >= 4 is 18.6 Å². The first kappa shape index (κ1) is 13.1. The molecule has 3 heteroatoms. The van der Waals surface area contributed by atoms with Gasteiger partial charge in [-0.25, -0.2) is 0 Å². The zero-order valence-electron chi connectivity index (χ0n) is 9.90. The molecular weight excluding hydrogens is 220 g/mol. The van der Waals surface area contributed by atoms with Gasteiger partial charge in [-0.2, -0.15) is 12.6 Å². The number of hydrogen-bond donors (Lipinski definition) is 2. The first-order valence-corrected chi connectivity index (χ1v) is 5.72. The van der Waals surface area contributed by atoms with Gasteiger partial charge in [-0.3, -0.25) is 4.79 Å². The van der Waals surface area contributed by atoms with Crippen LogP contribution < -0.4 is 0 Å². The Kier molecular flexibility index (Phi) is 3.68. The molecule has 88 valence electrons. The fourth-order valence-corrected chi connectivity index (χ4v) is 1.74. The van der Waals surface area contributed by atoms with Gasteiger partial charge < -0.3 is 5.11 Å². The quantitative estimate of drug-likeness (QED) is 0.794. The van der Waals surface area contributed by atoms with Crippen LogP contribution in [0.2, 0.25) is 0 Å². The number of aliphatic carboxylic acids is 1. The van der Waals surface area contributed by atoms with Gasteiger partial charge in [0.15, 0.2) is 0 Å². The normalized spacial score (nSPS) is 15.5. The van der Waals surface area contributed by atoms with E-state index in [2.05, 4.69) is 12.6 Å². The number of carboxylic acids is 1. The van der Waals surface area contributed by atoms with E-state index in [1.54, 1.807) is 0 Å². The van der Waals surface area contributed by atoms with Crippen molar-refractivity contribution in [3.05, 3.63) is 35.9 Å². The Morgan fingerprint density at radius 1 is 1.25 bits per heavy atom. The predicted octanol–water partition coefficient (Wildman–Crippen LogP) is 3.03. The number of benzene rings is 1. The van der Waals surface area contributed by atoms with Gasteiger partial charge in [-0.15, -0.1) is 0 Å². The van der Waals surface area contributed by atoms with Gasteiger partial charge >= 0.3 is 5.97 Å². The van der Waals surface area contributed by atoms with Crippen LogP contribution in [0.15, 0.2) is 30.3 Å². The van der Waals surface area contributed by atoms with Crippen molar-refractivity contribution in [2.75, 3.05) is 0 Å². The summed E-state index contributed by atoms with van der Waals surface area (Å²) in [6.45, 7) is 5.70. The molecule has 1 aromatic carbocycles. The van der Waals surface area contributed by atoms with Crippen molar-refractivity contribution in [3.63, 3.8) is 0 Å². The highest BCUT2D eigenvalue weighted by atomic mass is 32.1. The highest BCUT2D eigenvalue weighted by Crippen LogP contribution is 2.39. The molecule has 1 atom stereocenters. The highest BCUT2D eigenvalue weighted by molar-refractivity contribution is 7.82. The number of hydrogen-bond acceptors (Lipinski definition) is 2. The molecule has 1 rings (SSSR count). The third-order valence-electron chi connectivity index (χ3n) is 2.90. The average Bonchev–Trinajstić information content (AvgIpc) is 2.17. The van der Waals surface area contributed by atoms with E-state index in [1.807, 2.05) is 51.1 Å². The van der Waals surface area contributed by atoms with Crippen molar-refractivity contribution in [2.24, 2.45) is 5.41 Å². The van der Waals surface area contributed by atoms with E-state index in [9.17, 15) is 9.90 Å². The Bertz CT molecular complexity index is 367. The second kappa shape index (κ2) is 4.50. The van der Waals surface area contributed by atoms with Crippen molar-refractivity contribution in [3.8, 4) is 0 Å². The van der Waals surface area contributed by atoms with Crippen LogP contribution in [0.4, 0.5) is 0 Å². The highest BCUT2D eigenvalue weighted by Gasteiger charge is 2.45. The molecule has 1 N–H and O–H groups in total. The molecule has 2 nitrogen and oxygen atoms in total. The Labute approximate surface area is 102 Å². The van der Waals surface area contributed by atoms with E-state index in [4.69, 9.17) is 0 Å². The molecule has 0 saturated heterocycles. The predicted molar refractivity (Wildman–Crippen MR) is 69.0 cm³/mol. The minimum absolute atomic E-state index is 0.405. The molecule has 0 fully saturated rings. The summed E-state index contributed by atoms with van der Waals surface area (Å²) in [6, 6.07) is 9.60. The molecule has 16 heavy (non-hydrogen) atoms. The van der Waals surface area contributed by atoms with E-state index < -0.39 is 16.1 Å². The Hall–Kier alpha value is -0.960. The summed E-state index contributed by atoms with van der Waals surface area (Å²) in [6.07, 6.45) is 0.426. The first-order chi connectivity index (χ1) is 7.27. The molecule has 0 radical (unpaired) electrons. The van der Waals surface area contributed by atoms with Gasteiger partial charge in [0, 0.05) is 0 Å². The van der Waals surface area contributed by atoms with Crippen LogP contribution in [0.25, 0.3) is 0 Å². The molecule has 1 aromatic rings. The fraction of sp³-hybridized carbons (Fsp3) is 0.462. The van der Waals surface area contributed by atoms with Crippen LogP contribution >= 0.6 is 12.6 Å². The lowest BCUT2D eigenvalue weighted by molar-refractivity contribution is -0.142. The number of carbonyl (C=O) groups is 1. The topological polar surface area (TPSA) is 37.3 Å². The van der Waals surface area contributed by atoms with E-state index in [0.717, 1.165) is 5.56 Å². The maximum Gasteiger partial charge on any atom is 0.320 e. The van der Waals surface area contributed by atoms with Crippen LogP contribution in [-0.2, 0) is 11.2 Å². The second-order valence-corrected chi connectivity index (χ2v) is 5.84. The van der Waals surface area contributed by atoms with Crippen LogP contribution in [0.3, 0.4) is 0 Å². The lowest BCUT2D eigenvalue weighted by Crippen LogP contribution is -2.47. The maximum atomic E-state index is 11.4. The zero-order chi connectivity index (χ0) is 12.4. The Balaban J connectivity index is 3.03. The molecule has 0 heterocycles. The molecule has 0 aliphatic heterocycles. The monoisotopic (exact) mass is 238 g/mol. The Morgan fingerprint density at radius 3 is 2.12 bits per heavy atom. The summed E-state index contributed by atoms with van der Waals surface area (Å²) in [5, 5.41) is 9.35. The van der Waals surface area contributed by atoms with Crippen molar-refractivity contribution in [1.82, 2.24) is 0 Å². The summed E-state index contributed by atoms with van der Waals surface area (Å²) >= 11 is 4.41. The third-order valence-corrected chi connectivity index (χ3v) is 3.92. The van der Waals surface area contributed by atoms with Gasteiger partial charge in [0.1, 0.15) is 4.75 Å². The van der Waals surface area contributed by atoms with Crippen LogP contribution in [0.1, 0.15) is 26.3 Å². The minimum atomic E-state index is -1.05. The van der Waals surface area contributed by atoms with Gasteiger partial charge in [0.25, 0.3) is 0 Å².